The Hall–Kier alpha value is -0.0400. The van der Waals surface area contributed by atoms with Gasteiger partial charge in [-0.15, -0.1) is 0 Å². The molecule has 1 fully saturated rings. The summed E-state index contributed by atoms with van der Waals surface area (Å²) in [5.41, 5.74) is 5.47. The third-order valence-corrected chi connectivity index (χ3v) is 1.83. The van der Waals surface area contributed by atoms with Gasteiger partial charge >= 0.3 is 0 Å². The van der Waals surface area contributed by atoms with Crippen LogP contribution in [0.5, 0.6) is 0 Å². The van der Waals surface area contributed by atoms with E-state index in [2.05, 4.69) is 6.42 Å². The van der Waals surface area contributed by atoms with Crippen LogP contribution in [-0.4, -0.2) is 6.54 Å². The van der Waals surface area contributed by atoms with Gasteiger partial charge in [0.25, 0.3) is 0 Å². The topological polar surface area (TPSA) is 26.0 Å². The van der Waals surface area contributed by atoms with Crippen LogP contribution in [0.25, 0.3) is 0 Å². The molecule has 2 N–H and O–H groups in total. The van der Waals surface area contributed by atoms with Gasteiger partial charge in [-0.2, -0.15) is 0 Å². The average Bonchev–Trinajstić information content (AvgIpc) is 1.90. The number of hydrogen-bond acceptors (Lipinski definition) is 1. The summed E-state index contributed by atoms with van der Waals surface area (Å²) in [4.78, 5) is 0. The Kier molecular flexibility index (Phi) is 2.34. The van der Waals surface area contributed by atoms with E-state index in [1.807, 2.05) is 0 Å². The number of rotatable bonds is 1. The zero-order valence-corrected chi connectivity index (χ0v) is 5.27. The van der Waals surface area contributed by atoms with Gasteiger partial charge in [-0.25, -0.2) is 0 Å². The Morgan fingerprint density at radius 1 is 1.50 bits per heavy atom. The van der Waals surface area contributed by atoms with Crippen LogP contribution >= 0.6 is 0 Å². The highest BCUT2D eigenvalue weighted by molar-refractivity contribution is 4.80. The standard InChI is InChI=1S/C7H14N/c8-6-7-4-2-1-3-5-7/h4,7H,1-3,5-6,8H2/t7-/m1/s1. The van der Waals surface area contributed by atoms with Gasteiger partial charge in [0.05, 0.1) is 0 Å². The molecule has 1 nitrogen and oxygen atoms in total. The van der Waals surface area contributed by atoms with Gasteiger partial charge < -0.3 is 5.73 Å². The Morgan fingerprint density at radius 3 is 2.75 bits per heavy atom. The van der Waals surface area contributed by atoms with E-state index in [1.54, 1.807) is 0 Å². The van der Waals surface area contributed by atoms with E-state index in [0.29, 0.717) is 0 Å². The largest absolute Gasteiger partial charge is 0.330 e. The molecule has 1 saturated carbocycles. The van der Waals surface area contributed by atoms with Gasteiger partial charge in [-0.1, -0.05) is 12.8 Å². The van der Waals surface area contributed by atoms with Crippen molar-refractivity contribution in [2.24, 2.45) is 11.7 Å². The van der Waals surface area contributed by atoms with E-state index in [9.17, 15) is 0 Å². The van der Waals surface area contributed by atoms with Crippen molar-refractivity contribution in [1.82, 2.24) is 0 Å². The van der Waals surface area contributed by atoms with Crippen molar-refractivity contribution >= 4 is 0 Å². The van der Waals surface area contributed by atoms with Crippen molar-refractivity contribution in [3.63, 3.8) is 0 Å². The molecule has 1 aliphatic carbocycles. The van der Waals surface area contributed by atoms with E-state index in [1.165, 1.54) is 25.7 Å². The molecule has 0 aliphatic heterocycles. The minimum Gasteiger partial charge on any atom is -0.330 e. The van der Waals surface area contributed by atoms with Crippen LogP contribution in [0.4, 0.5) is 0 Å². The van der Waals surface area contributed by atoms with Crippen LogP contribution in [0.15, 0.2) is 0 Å². The zero-order chi connectivity index (χ0) is 5.82. The summed E-state index contributed by atoms with van der Waals surface area (Å²) in [6.45, 7) is 0.861. The van der Waals surface area contributed by atoms with Crippen LogP contribution in [0.3, 0.4) is 0 Å². The van der Waals surface area contributed by atoms with Gasteiger partial charge in [0.1, 0.15) is 0 Å². The first-order chi connectivity index (χ1) is 3.93. The molecule has 1 atom stereocenters. The zero-order valence-electron chi connectivity index (χ0n) is 5.27. The van der Waals surface area contributed by atoms with Gasteiger partial charge in [0.2, 0.25) is 0 Å². The Morgan fingerprint density at radius 2 is 2.38 bits per heavy atom. The molecule has 0 aromatic rings. The molecule has 47 valence electrons. The average molecular weight is 112 g/mol. The van der Waals surface area contributed by atoms with Gasteiger partial charge in [0, 0.05) is 0 Å². The van der Waals surface area contributed by atoms with Crippen molar-refractivity contribution in [1.29, 1.82) is 0 Å². The molecule has 0 aromatic carbocycles. The van der Waals surface area contributed by atoms with Crippen molar-refractivity contribution < 1.29 is 0 Å². The van der Waals surface area contributed by atoms with E-state index in [4.69, 9.17) is 5.73 Å². The van der Waals surface area contributed by atoms with Crippen molar-refractivity contribution in [3.05, 3.63) is 6.42 Å². The fourth-order valence-electron chi connectivity index (χ4n) is 1.24. The summed E-state index contributed by atoms with van der Waals surface area (Å²) in [6.07, 6.45) is 7.76. The molecule has 0 amide bonds. The molecule has 1 aliphatic rings. The SMILES string of the molecule is NC[C@@H]1[CH]CCCC1. The van der Waals surface area contributed by atoms with Gasteiger partial charge in [-0.05, 0) is 31.7 Å². The predicted octanol–water partition coefficient (Wildman–Crippen LogP) is 1.34. The van der Waals surface area contributed by atoms with Crippen molar-refractivity contribution in [2.75, 3.05) is 6.54 Å². The second kappa shape index (κ2) is 3.08. The summed E-state index contributed by atoms with van der Waals surface area (Å²) in [6, 6.07) is 0. The normalized spacial score (nSPS) is 23.6. The highest BCUT2D eigenvalue weighted by Crippen LogP contribution is 2.20. The summed E-state index contributed by atoms with van der Waals surface area (Å²) in [5.74, 6) is 0.740. The molecule has 0 aromatic heterocycles. The lowest BCUT2D eigenvalue weighted by atomic mass is 9.90. The van der Waals surface area contributed by atoms with E-state index in [0.717, 1.165) is 12.5 Å². The van der Waals surface area contributed by atoms with Crippen molar-refractivity contribution in [2.45, 2.75) is 25.7 Å². The first kappa shape index (κ1) is 6.09. The molecule has 0 spiro atoms. The highest BCUT2D eigenvalue weighted by atomic mass is 14.5. The fourth-order valence-corrected chi connectivity index (χ4v) is 1.24. The van der Waals surface area contributed by atoms with Gasteiger partial charge in [0.15, 0.2) is 0 Å². The number of hydrogen-bond donors (Lipinski definition) is 1. The maximum absolute atomic E-state index is 5.47. The second-order valence-corrected chi connectivity index (χ2v) is 2.52. The number of nitrogens with two attached hydrogens (primary N) is 1. The first-order valence-corrected chi connectivity index (χ1v) is 3.47. The fraction of sp³-hybridized carbons (Fsp3) is 0.857. The summed E-state index contributed by atoms with van der Waals surface area (Å²) < 4.78 is 0. The van der Waals surface area contributed by atoms with E-state index < -0.39 is 0 Å². The van der Waals surface area contributed by atoms with Crippen LogP contribution in [0, 0.1) is 12.3 Å². The van der Waals surface area contributed by atoms with Crippen LogP contribution in [0.2, 0.25) is 0 Å². The molecular formula is C7H14N. The van der Waals surface area contributed by atoms with Crippen LogP contribution < -0.4 is 5.73 Å². The lowest BCUT2D eigenvalue weighted by Gasteiger charge is -2.18. The third-order valence-electron chi connectivity index (χ3n) is 1.83. The molecule has 1 radical (unpaired) electrons. The molecular weight excluding hydrogens is 98.1 g/mol. The maximum atomic E-state index is 5.47. The molecule has 0 bridgehead atoms. The third kappa shape index (κ3) is 1.48. The molecule has 0 saturated heterocycles. The second-order valence-electron chi connectivity index (χ2n) is 2.52. The predicted molar refractivity (Wildman–Crippen MR) is 35.3 cm³/mol. The molecule has 8 heavy (non-hydrogen) atoms. The summed E-state index contributed by atoms with van der Waals surface area (Å²) in [7, 11) is 0. The first-order valence-electron chi connectivity index (χ1n) is 3.47. The molecule has 0 unspecified atom stereocenters. The minimum absolute atomic E-state index is 0.740. The summed E-state index contributed by atoms with van der Waals surface area (Å²) >= 11 is 0. The van der Waals surface area contributed by atoms with Gasteiger partial charge in [-0.3, -0.25) is 0 Å². The molecule has 0 heterocycles. The Labute approximate surface area is 51.3 Å². The quantitative estimate of drug-likeness (QED) is 0.544. The van der Waals surface area contributed by atoms with Crippen LogP contribution in [-0.2, 0) is 0 Å². The maximum Gasteiger partial charge on any atom is -0.00461 e. The smallest absolute Gasteiger partial charge is 0.00461 e. The van der Waals surface area contributed by atoms with E-state index in [-0.39, 0.29) is 0 Å². The van der Waals surface area contributed by atoms with Crippen LogP contribution in [0.1, 0.15) is 25.7 Å². The lowest BCUT2D eigenvalue weighted by molar-refractivity contribution is 0.453. The lowest BCUT2D eigenvalue weighted by Crippen LogP contribution is -2.17. The molecule has 1 rings (SSSR count). The monoisotopic (exact) mass is 112 g/mol. The highest BCUT2D eigenvalue weighted by Gasteiger charge is 2.10. The van der Waals surface area contributed by atoms with Crippen molar-refractivity contribution in [3.8, 4) is 0 Å². The molecule has 1 heteroatoms. The minimum atomic E-state index is 0.740. The van der Waals surface area contributed by atoms with E-state index >= 15 is 0 Å². The Balaban J connectivity index is 2.13. The summed E-state index contributed by atoms with van der Waals surface area (Å²) in [5, 5.41) is 0. The Bertz CT molecular complexity index is 55.4.